The maximum Gasteiger partial charge on any atom is 0.414 e. The lowest BCUT2D eigenvalue weighted by Crippen LogP contribution is -2.31. The van der Waals surface area contributed by atoms with Gasteiger partial charge in [-0.15, -0.1) is 0 Å². The summed E-state index contributed by atoms with van der Waals surface area (Å²) in [6, 6.07) is 18.7. The molecule has 3 rings (SSSR count). The third kappa shape index (κ3) is 5.36. The van der Waals surface area contributed by atoms with Crippen LogP contribution in [-0.2, 0) is 17.9 Å². The van der Waals surface area contributed by atoms with Crippen LogP contribution in [0.4, 0.5) is 21.9 Å². The summed E-state index contributed by atoms with van der Waals surface area (Å²) >= 11 is 0. The zero-order chi connectivity index (χ0) is 23.1. The Morgan fingerprint density at radius 3 is 2.12 bits per heavy atom. The number of non-ortho nitro benzene ring substituents is 2. The van der Waals surface area contributed by atoms with Crippen molar-refractivity contribution < 1.29 is 24.1 Å². The molecule has 0 spiro atoms. The Bertz CT molecular complexity index is 1120. The van der Waals surface area contributed by atoms with E-state index in [-0.39, 0.29) is 30.3 Å². The molecule has 0 aliphatic rings. The fourth-order valence-corrected chi connectivity index (χ4v) is 2.96. The van der Waals surface area contributed by atoms with Gasteiger partial charge in [-0.2, -0.15) is 0 Å². The van der Waals surface area contributed by atoms with Crippen molar-refractivity contribution >= 4 is 23.2 Å². The van der Waals surface area contributed by atoms with E-state index in [1.54, 1.807) is 0 Å². The van der Waals surface area contributed by atoms with E-state index >= 15 is 0 Å². The van der Waals surface area contributed by atoms with Gasteiger partial charge in [-0.3, -0.25) is 25.1 Å². The fourth-order valence-electron chi connectivity index (χ4n) is 2.96. The van der Waals surface area contributed by atoms with E-state index in [2.05, 4.69) is 0 Å². The van der Waals surface area contributed by atoms with Crippen molar-refractivity contribution in [1.29, 1.82) is 0 Å². The number of nitro groups is 2. The molecule has 0 fully saturated rings. The van der Waals surface area contributed by atoms with Crippen LogP contribution < -0.4 is 9.64 Å². The normalized spacial score (nSPS) is 10.3. The van der Waals surface area contributed by atoms with Crippen molar-refractivity contribution in [3.05, 3.63) is 104 Å². The second-order valence-electron chi connectivity index (χ2n) is 6.65. The lowest BCUT2D eigenvalue weighted by Gasteiger charge is -2.22. The van der Waals surface area contributed by atoms with Crippen LogP contribution in [0.2, 0.25) is 0 Å². The highest BCUT2D eigenvalue weighted by Crippen LogP contribution is 2.26. The molecule has 0 N–H and O–H groups in total. The molecule has 0 saturated carbocycles. The predicted molar refractivity (Wildman–Crippen MR) is 116 cm³/mol. The van der Waals surface area contributed by atoms with E-state index in [9.17, 15) is 25.0 Å². The largest absolute Gasteiger partial charge is 0.496 e. The number of methoxy groups -OCH3 is 1. The first-order valence-corrected chi connectivity index (χ1v) is 9.43. The summed E-state index contributed by atoms with van der Waals surface area (Å²) in [4.78, 5) is 35.1. The van der Waals surface area contributed by atoms with E-state index in [4.69, 9.17) is 9.47 Å². The van der Waals surface area contributed by atoms with Gasteiger partial charge in [0.1, 0.15) is 12.4 Å². The molecular formula is C22H19N3O7. The van der Waals surface area contributed by atoms with Gasteiger partial charge >= 0.3 is 6.09 Å². The highest BCUT2D eigenvalue weighted by Gasteiger charge is 2.20. The number of carbonyl (C=O) groups is 1. The van der Waals surface area contributed by atoms with Crippen LogP contribution in [0.15, 0.2) is 72.8 Å². The molecule has 3 aromatic rings. The van der Waals surface area contributed by atoms with E-state index in [0.717, 1.165) is 5.56 Å². The Hall–Kier alpha value is -4.47. The molecule has 0 aliphatic carbocycles. The predicted octanol–water partition coefficient (Wildman–Crippen LogP) is 4.86. The summed E-state index contributed by atoms with van der Waals surface area (Å²) in [7, 11) is 1.36. The molecule has 10 nitrogen and oxygen atoms in total. The maximum atomic E-state index is 12.9. The minimum atomic E-state index is -0.692. The van der Waals surface area contributed by atoms with Gasteiger partial charge in [-0.1, -0.05) is 30.3 Å². The van der Waals surface area contributed by atoms with Crippen LogP contribution in [0, 0.1) is 20.2 Å². The van der Waals surface area contributed by atoms with Crippen LogP contribution in [0.25, 0.3) is 0 Å². The van der Waals surface area contributed by atoms with Gasteiger partial charge < -0.3 is 9.47 Å². The first-order chi connectivity index (χ1) is 15.4. The number of nitrogens with zero attached hydrogens (tertiary/aromatic N) is 3. The second-order valence-corrected chi connectivity index (χ2v) is 6.65. The quantitative estimate of drug-likeness (QED) is 0.364. The van der Waals surface area contributed by atoms with Crippen molar-refractivity contribution in [3.63, 3.8) is 0 Å². The topological polar surface area (TPSA) is 125 Å². The molecule has 0 heterocycles. The van der Waals surface area contributed by atoms with Gasteiger partial charge in [-0.25, -0.2) is 4.79 Å². The van der Waals surface area contributed by atoms with Gasteiger partial charge in [0.25, 0.3) is 11.4 Å². The van der Waals surface area contributed by atoms with Crippen LogP contribution in [-0.4, -0.2) is 23.0 Å². The molecule has 1 amide bonds. The first kappa shape index (κ1) is 22.2. The Balaban J connectivity index is 1.82. The van der Waals surface area contributed by atoms with Gasteiger partial charge in [0.15, 0.2) is 0 Å². The number of nitro benzene ring substituents is 2. The van der Waals surface area contributed by atoms with E-state index in [1.165, 1.54) is 54.5 Å². The molecule has 32 heavy (non-hydrogen) atoms. The Morgan fingerprint density at radius 1 is 0.906 bits per heavy atom. The Labute approximate surface area is 182 Å². The molecule has 0 unspecified atom stereocenters. The molecular weight excluding hydrogens is 418 g/mol. The summed E-state index contributed by atoms with van der Waals surface area (Å²) in [6.45, 7) is -0.00679. The molecule has 3 aromatic carbocycles. The Morgan fingerprint density at radius 2 is 1.53 bits per heavy atom. The molecule has 0 radical (unpaired) electrons. The SMILES string of the molecule is COc1cc([N+](=O)[O-])ccc1COC(=O)N(Cc1ccccc1)c1ccc([N+](=O)[O-])cc1. The van der Waals surface area contributed by atoms with Crippen molar-refractivity contribution in [3.8, 4) is 5.75 Å². The van der Waals surface area contributed by atoms with Gasteiger partial charge in [0.2, 0.25) is 0 Å². The standard InChI is InChI=1S/C22H19N3O7/c1-31-21-13-20(25(29)30)8-7-17(21)15-32-22(26)23(14-16-5-3-2-4-6-16)18-9-11-19(12-10-18)24(27)28/h2-13H,14-15H2,1H3. The average Bonchev–Trinajstić information content (AvgIpc) is 2.81. The number of carbonyl (C=O) groups excluding carboxylic acids is 1. The number of anilines is 1. The summed E-state index contributed by atoms with van der Waals surface area (Å²) in [5.74, 6) is 0.219. The lowest BCUT2D eigenvalue weighted by atomic mass is 10.2. The third-order valence-electron chi connectivity index (χ3n) is 4.61. The zero-order valence-electron chi connectivity index (χ0n) is 17.0. The fraction of sp³-hybridized carbons (Fsp3) is 0.136. The first-order valence-electron chi connectivity index (χ1n) is 9.43. The van der Waals surface area contributed by atoms with Crippen molar-refractivity contribution in [1.82, 2.24) is 0 Å². The zero-order valence-corrected chi connectivity index (χ0v) is 17.0. The van der Waals surface area contributed by atoms with E-state index < -0.39 is 15.9 Å². The van der Waals surface area contributed by atoms with Gasteiger partial charge in [-0.05, 0) is 23.8 Å². The molecule has 0 aliphatic heterocycles. The summed E-state index contributed by atoms with van der Waals surface area (Å²) in [5, 5.41) is 21.9. The summed E-state index contributed by atoms with van der Waals surface area (Å²) in [5.41, 5.74) is 1.46. The van der Waals surface area contributed by atoms with Gasteiger partial charge in [0.05, 0.1) is 29.6 Å². The van der Waals surface area contributed by atoms with Crippen molar-refractivity contribution in [2.45, 2.75) is 13.2 Å². The third-order valence-corrected chi connectivity index (χ3v) is 4.61. The highest BCUT2D eigenvalue weighted by molar-refractivity contribution is 5.87. The monoisotopic (exact) mass is 437 g/mol. The number of hydrogen-bond acceptors (Lipinski definition) is 7. The number of benzene rings is 3. The van der Waals surface area contributed by atoms with Crippen molar-refractivity contribution in [2.75, 3.05) is 12.0 Å². The average molecular weight is 437 g/mol. The van der Waals surface area contributed by atoms with Crippen LogP contribution in [0.1, 0.15) is 11.1 Å². The molecule has 0 aromatic heterocycles. The maximum absolute atomic E-state index is 12.9. The number of rotatable bonds is 8. The smallest absolute Gasteiger partial charge is 0.414 e. The minimum Gasteiger partial charge on any atom is -0.496 e. The summed E-state index contributed by atoms with van der Waals surface area (Å²) < 4.78 is 10.6. The number of amides is 1. The van der Waals surface area contributed by atoms with Gasteiger partial charge in [0, 0.05) is 29.4 Å². The van der Waals surface area contributed by atoms with Crippen LogP contribution >= 0.6 is 0 Å². The number of ether oxygens (including phenoxy) is 2. The minimum absolute atomic E-state index is 0.0996. The lowest BCUT2D eigenvalue weighted by molar-refractivity contribution is -0.385. The van der Waals surface area contributed by atoms with Crippen LogP contribution in [0.3, 0.4) is 0 Å². The van der Waals surface area contributed by atoms with E-state index in [0.29, 0.717) is 11.3 Å². The highest BCUT2D eigenvalue weighted by atomic mass is 16.6. The molecule has 10 heteroatoms. The van der Waals surface area contributed by atoms with Crippen LogP contribution in [0.5, 0.6) is 5.75 Å². The molecule has 0 bridgehead atoms. The molecule has 164 valence electrons. The summed E-state index contributed by atoms with van der Waals surface area (Å²) in [6.07, 6.45) is -0.692. The molecule has 0 saturated heterocycles. The number of hydrogen-bond donors (Lipinski definition) is 0. The molecule has 0 atom stereocenters. The van der Waals surface area contributed by atoms with Crippen molar-refractivity contribution in [2.24, 2.45) is 0 Å². The van der Waals surface area contributed by atoms with E-state index in [1.807, 2.05) is 30.3 Å². The second kappa shape index (κ2) is 10.0. The Kier molecular flexibility index (Phi) is 6.96.